The van der Waals surface area contributed by atoms with Crippen LogP contribution in [0.1, 0.15) is 17.3 Å². The molecule has 0 fully saturated rings. The fourth-order valence-corrected chi connectivity index (χ4v) is 3.17. The average Bonchev–Trinajstić information content (AvgIpc) is 2.36. The zero-order valence-electron chi connectivity index (χ0n) is 11.6. The van der Waals surface area contributed by atoms with Gasteiger partial charge in [0.05, 0.1) is 17.1 Å². The number of rotatable bonds is 6. The smallest absolute Gasteiger partial charge is 0.256 e. The predicted molar refractivity (Wildman–Crippen MR) is 78.9 cm³/mol. The number of ether oxygens (including phenoxy) is 1. The van der Waals surface area contributed by atoms with Crippen LogP contribution >= 0.6 is 15.9 Å². The molecule has 0 unspecified atom stereocenters. The Morgan fingerprint density at radius 1 is 1.48 bits per heavy atom. The number of nitrogens with two attached hydrogens (primary N) is 1. The molecule has 0 atom stereocenters. The first-order valence-electron chi connectivity index (χ1n) is 6.03. The van der Waals surface area contributed by atoms with E-state index in [2.05, 4.69) is 15.9 Å². The van der Waals surface area contributed by atoms with Crippen molar-refractivity contribution in [2.75, 3.05) is 26.8 Å². The van der Waals surface area contributed by atoms with Crippen molar-refractivity contribution in [2.45, 2.75) is 11.8 Å². The summed E-state index contributed by atoms with van der Waals surface area (Å²) >= 11 is 2.91. The summed E-state index contributed by atoms with van der Waals surface area (Å²) in [7, 11) is -2.59. The Morgan fingerprint density at radius 2 is 2.10 bits per heavy atom. The van der Waals surface area contributed by atoms with Gasteiger partial charge in [-0.1, -0.05) is 0 Å². The average molecular weight is 383 g/mol. The van der Waals surface area contributed by atoms with Gasteiger partial charge < -0.3 is 9.64 Å². The molecule has 0 aromatic heterocycles. The SMILES string of the molecule is CCOCCN(C)C(=O)c1cc(S(N)(=O)=O)c(Br)cc1F. The van der Waals surface area contributed by atoms with Gasteiger partial charge in [-0.3, -0.25) is 4.79 Å². The highest BCUT2D eigenvalue weighted by Gasteiger charge is 2.22. The van der Waals surface area contributed by atoms with Gasteiger partial charge in [0.25, 0.3) is 5.91 Å². The van der Waals surface area contributed by atoms with E-state index in [1.54, 1.807) is 0 Å². The molecule has 1 aromatic carbocycles. The lowest BCUT2D eigenvalue weighted by Crippen LogP contribution is -2.31. The van der Waals surface area contributed by atoms with E-state index in [-0.39, 0.29) is 21.5 Å². The molecule has 1 amide bonds. The van der Waals surface area contributed by atoms with Crippen LogP contribution in [0.3, 0.4) is 0 Å². The third-order valence-electron chi connectivity index (χ3n) is 2.68. The van der Waals surface area contributed by atoms with Gasteiger partial charge in [-0.25, -0.2) is 17.9 Å². The molecular formula is C12H16BrFN2O4S. The van der Waals surface area contributed by atoms with Crippen molar-refractivity contribution < 1.29 is 22.3 Å². The number of sulfonamides is 1. The Labute approximate surface area is 131 Å². The topological polar surface area (TPSA) is 89.7 Å². The molecule has 21 heavy (non-hydrogen) atoms. The summed E-state index contributed by atoms with van der Waals surface area (Å²) in [6.45, 7) is 2.88. The van der Waals surface area contributed by atoms with E-state index in [0.717, 1.165) is 12.1 Å². The van der Waals surface area contributed by atoms with E-state index in [1.165, 1.54) is 11.9 Å². The predicted octanol–water partition coefficient (Wildman–Crippen LogP) is 1.34. The highest BCUT2D eigenvalue weighted by Crippen LogP contribution is 2.25. The molecule has 118 valence electrons. The van der Waals surface area contributed by atoms with Crippen molar-refractivity contribution >= 4 is 31.9 Å². The Kier molecular flexibility index (Phi) is 6.26. The molecular weight excluding hydrogens is 367 g/mol. The van der Waals surface area contributed by atoms with Crippen molar-refractivity contribution in [3.05, 3.63) is 28.0 Å². The summed E-state index contributed by atoms with van der Waals surface area (Å²) in [5, 5.41) is 5.03. The van der Waals surface area contributed by atoms with E-state index in [0.29, 0.717) is 13.2 Å². The molecule has 0 spiro atoms. The van der Waals surface area contributed by atoms with Crippen molar-refractivity contribution in [3.63, 3.8) is 0 Å². The second kappa shape index (κ2) is 7.30. The molecule has 9 heteroatoms. The monoisotopic (exact) mass is 382 g/mol. The van der Waals surface area contributed by atoms with Crippen molar-refractivity contribution in [2.24, 2.45) is 5.14 Å². The van der Waals surface area contributed by atoms with E-state index in [9.17, 15) is 17.6 Å². The van der Waals surface area contributed by atoms with Gasteiger partial charge in [0.1, 0.15) is 5.82 Å². The zero-order valence-corrected chi connectivity index (χ0v) is 14.0. The van der Waals surface area contributed by atoms with Crippen LogP contribution in [0.2, 0.25) is 0 Å². The van der Waals surface area contributed by atoms with Gasteiger partial charge in [-0.2, -0.15) is 0 Å². The standard InChI is InChI=1S/C12H16BrFN2O4S/c1-3-20-5-4-16(2)12(17)8-6-11(21(15,18)19)9(13)7-10(8)14/h6-7H,3-5H2,1-2H3,(H2,15,18,19). The molecule has 1 aromatic rings. The normalized spacial score (nSPS) is 11.5. The third kappa shape index (κ3) is 4.73. The van der Waals surface area contributed by atoms with Gasteiger partial charge >= 0.3 is 0 Å². The number of primary sulfonamides is 1. The number of amides is 1. The number of nitrogens with zero attached hydrogens (tertiary/aromatic N) is 1. The number of halogens is 2. The summed E-state index contributed by atoms with van der Waals surface area (Å²) in [5.74, 6) is -1.48. The van der Waals surface area contributed by atoms with Crippen LogP contribution in [-0.2, 0) is 14.8 Å². The fraction of sp³-hybridized carbons (Fsp3) is 0.417. The second-order valence-electron chi connectivity index (χ2n) is 4.23. The van der Waals surface area contributed by atoms with Crippen molar-refractivity contribution in [3.8, 4) is 0 Å². The maximum atomic E-state index is 13.9. The minimum absolute atomic E-state index is 0.0315. The molecule has 0 aliphatic carbocycles. The molecule has 0 saturated heterocycles. The van der Waals surface area contributed by atoms with Gasteiger partial charge in [0.15, 0.2) is 0 Å². The molecule has 0 radical (unpaired) electrons. The third-order valence-corrected chi connectivity index (χ3v) is 4.55. The van der Waals surface area contributed by atoms with E-state index < -0.39 is 21.7 Å². The van der Waals surface area contributed by atoms with Crippen molar-refractivity contribution in [1.82, 2.24) is 4.90 Å². The number of benzene rings is 1. The Bertz CT molecular complexity index is 636. The summed E-state index contributed by atoms with van der Waals surface area (Å²) in [5.41, 5.74) is -0.360. The zero-order chi connectivity index (χ0) is 16.2. The molecule has 0 aliphatic heterocycles. The van der Waals surface area contributed by atoms with Crippen LogP contribution in [-0.4, -0.2) is 46.0 Å². The summed E-state index contributed by atoms with van der Waals surface area (Å²) in [6.07, 6.45) is 0. The van der Waals surface area contributed by atoms with Crippen LogP contribution in [0, 0.1) is 5.82 Å². The van der Waals surface area contributed by atoms with Gasteiger partial charge in [-0.15, -0.1) is 0 Å². The maximum absolute atomic E-state index is 13.9. The number of carbonyl (C=O) groups is 1. The van der Waals surface area contributed by atoms with E-state index in [1.807, 2.05) is 6.92 Å². The van der Waals surface area contributed by atoms with Crippen LogP contribution in [0.15, 0.2) is 21.5 Å². The summed E-state index contributed by atoms with van der Waals surface area (Å²) < 4.78 is 41.8. The largest absolute Gasteiger partial charge is 0.380 e. The van der Waals surface area contributed by atoms with Crippen LogP contribution < -0.4 is 5.14 Å². The molecule has 0 saturated carbocycles. The first kappa shape index (κ1) is 18.0. The molecule has 6 nitrogen and oxygen atoms in total. The summed E-state index contributed by atoms with van der Waals surface area (Å²) in [6, 6.07) is 1.83. The highest BCUT2D eigenvalue weighted by atomic mass is 79.9. The van der Waals surface area contributed by atoms with E-state index in [4.69, 9.17) is 9.88 Å². The van der Waals surface area contributed by atoms with Gasteiger partial charge in [0.2, 0.25) is 10.0 Å². The number of likely N-dealkylation sites (N-methyl/N-ethyl adjacent to an activating group) is 1. The highest BCUT2D eigenvalue weighted by molar-refractivity contribution is 9.10. The molecule has 2 N–H and O–H groups in total. The minimum atomic E-state index is -4.06. The second-order valence-corrected chi connectivity index (χ2v) is 6.62. The maximum Gasteiger partial charge on any atom is 0.256 e. The van der Waals surface area contributed by atoms with E-state index >= 15 is 0 Å². The Balaban J connectivity index is 3.10. The van der Waals surface area contributed by atoms with Crippen LogP contribution in [0.25, 0.3) is 0 Å². The number of hydrogen-bond acceptors (Lipinski definition) is 4. The lowest BCUT2D eigenvalue weighted by molar-refractivity contribution is 0.0705. The first-order valence-corrected chi connectivity index (χ1v) is 8.37. The lowest BCUT2D eigenvalue weighted by Gasteiger charge is -2.18. The Hall–Kier alpha value is -1.03. The lowest BCUT2D eigenvalue weighted by atomic mass is 10.2. The molecule has 0 heterocycles. The first-order chi connectivity index (χ1) is 9.68. The quantitative estimate of drug-likeness (QED) is 0.751. The minimum Gasteiger partial charge on any atom is -0.380 e. The van der Waals surface area contributed by atoms with Crippen molar-refractivity contribution in [1.29, 1.82) is 0 Å². The number of carbonyl (C=O) groups excluding carboxylic acids is 1. The van der Waals surface area contributed by atoms with Gasteiger partial charge in [0, 0.05) is 24.7 Å². The molecule has 0 aliphatic rings. The Morgan fingerprint density at radius 3 is 2.62 bits per heavy atom. The van der Waals surface area contributed by atoms with Crippen LogP contribution in [0.5, 0.6) is 0 Å². The summed E-state index contributed by atoms with van der Waals surface area (Å²) in [4.78, 5) is 13.0. The molecule has 1 rings (SSSR count). The molecule has 0 bridgehead atoms. The van der Waals surface area contributed by atoms with Gasteiger partial charge in [-0.05, 0) is 35.0 Å². The number of hydrogen-bond donors (Lipinski definition) is 1. The van der Waals surface area contributed by atoms with Crippen LogP contribution in [0.4, 0.5) is 4.39 Å². The fourth-order valence-electron chi connectivity index (χ4n) is 1.56.